The van der Waals surface area contributed by atoms with Gasteiger partial charge in [-0.1, -0.05) is 19.3 Å². The van der Waals surface area contributed by atoms with Gasteiger partial charge < -0.3 is 140 Å². The van der Waals surface area contributed by atoms with Crippen LogP contribution in [0.2, 0.25) is 0 Å². The van der Waals surface area contributed by atoms with Crippen molar-refractivity contribution in [2.75, 3.05) is 65.4 Å². The summed E-state index contributed by atoms with van der Waals surface area (Å²) in [4.78, 5) is 161. The van der Waals surface area contributed by atoms with Crippen LogP contribution in [0.15, 0.2) is 34.9 Å². The van der Waals surface area contributed by atoms with Crippen molar-refractivity contribution in [1.29, 1.82) is 0 Å². The molecule has 42 nitrogen and oxygen atoms in total. The van der Waals surface area contributed by atoms with Crippen LogP contribution in [0.3, 0.4) is 0 Å². The SMILES string of the molecule is NC(=O)[C@H](CCCN=C(N)N)NC(=O)[C@H](CCCN=C(N)N)NC(=O)CCCCCNC(=O)[C@H](CCCN=C(N)N)NC(=O)[C@H](CCCN=C(N)N)NC(=O)CCCCCNC(=O)[C@H](CCCN=C(N)N)NC(=O)[C@H](CCCN=C(N)N)NC(=O)CCCCCNC(=O)[C@@H](N)CCCN=C(N)N. The lowest BCUT2D eigenvalue weighted by molar-refractivity contribution is -0.132. The molecular formula is C60H120N32O10. The molecule has 0 aliphatic rings. The Morgan fingerprint density at radius 3 is 0.696 bits per heavy atom. The minimum absolute atomic E-state index is 0.00703. The summed E-state index contributed by atoms with van der Waals surface area (Å²) < 4.78 is 0. The average Bonchev–Trinajstić information content (AvgIpc) is 0.900. The van der Waals surface area contributed by atoms with E-state index in [1.807, 2.05) is 0 Å². The average molecular weight is 1450 g/mol. The lowest BCUT2D eigenvalue weighted by Gasteiger charge is -2.23. The van der Waals surface area contributed by atoms with E-state index in [4.69, 9.17) is 91.7 Å². The molecule has 42 heteroatoms. The fourth-order valence-electron chi connectivity index (χ4n) is 9.69. The molecule has 7 atom stereocenters. The molecule has 0 aromatic rings. The van der Waals surface area contributed by atoms with Crippen LogP contribution in [-0.2, 0) is 47.9 Å². The summed E-state index contributed by atoms with van der Waals surface area (Å²) in [6, 6.07) is -7.24. The second-order valence-corrected chi connectivity index (χ2v) is 24.0. The number of rotatable bonds is 59. The van der Waals surface area contributed by atoms with Gasteiger partial charge in [-0.05, 0) is 128 Å². The van der Waals surface area contributed by atoms with Crippen LogP contribution in [0.4, 0.5) is 0 Å². The first-order valence-corrected chi connectivity index (χ1v) is 34.5. The first-order valence-electron chi connectivity index (χ1n) is 34.5. The van der Waals surface area contributed by atoms with E-state index in [-0.39, 0.29) is 171 Å². The van der Waals surface area contributed by atoms with E-state index < -0.39 is 95.5 Å². The highest BCUT2D eigenvalue weighted by Gasteiger charge is 2.30. The molecule has 0 heterocycles. The van der Waals surface area contributed by atoms with Crippen LogP contribution in [0.1, 0.15) is 167 Å². The smallest absolute Gasteiger partial charge is 0.243 e. The molecule has 0 radical (unpaired) electrons. The first-order chi connectivity index (χ1) is 48.4. The Labute approximate surface area is 596 Å². The van der Waals surface area contributed by atoms with Crippen LogP contribution in [-0.4, -0.2) is 209 Å². The maximum absolute atomic E-state index is 14.0. The monoisotopic (exact) mass is 1450 g/mol. The van der Waals surface area contributed by atoms with Gasteiger partial charge in [0.25, 0.3) is 0 Å². The van der Waals surface area contributed by atoms with Crippen LogP contribution < -0.4 is 140 Å². The fraction of sp³-hybridized carbons (Fsp3) is 0.717. The largest absolute Gasteiger partial charge is 0.370 e. The first kappa shape index (κ1) is 91.5. The summed E-state index contributed by atoms with van der Waals surface area (Å²) in [5.41, 5.74) is 87.9. The van der Waals surface area contributed by atoms with E-state index in [0.29, 0.717) is 109 Å². The lowest BCUT2D eigenvalue weighted by atomic mass is 10.1. The Morgan fingerprint density at radius 1 is 0.235 bits per heavy atom. The van der Waals surface area contributed by atoms with Crippen LogP contribution in [0.5, 0.6) is 0 Å². The summed E-state index contributed by atoms with van der Waals surface area (Å²) in [5.74, 6) is -6.44. The number of amides is 10. The van der Waals surface area contributed by atoms with E-state index in [1.54, 1.807) is 0 Å². The Morgan fingerprint density at radius 2 is 0.451 bits per heavy atom. The van der Waals surface area contributed by atoms with E-state index in [1.165, 1.54) is 0 Å². The fourth-order valence-corrected chi connectivity index (χ4v) is 9.69. The van der Waals surface area contributed by atoms with Gasteiger partial charge >= 0.3 is 0 Å². The molecule has 0 rings (SSSR count). The van der Waals surface area contributed by atoms with E-state index in [2.05, 4.69) is 82.8 Å². The van der Waals surface area contributed by atoms with Gasteiger partial charge in [0, 0.05) is 84.7 Å². The number of nitrogens with one attached hydrogen (secondary N) is 9. The van der Waals surface area contributed by atoms with Gasteiger partial charge in [0.05, 0.1) is 6.04 Å². The number of hydrogen-bond donors (Lipinski definition) is 25. The Kier molecular flexibility index (Phi) is 50.5. The van der Waals surface area contributed by atoms with Gasteiger partial charge in [0.15, 0.2) is 41.7 Å². The molecule has 0 aromatic heterocycles. The molecule has 0 aliphatic heterocycles. The second kappa shape index (κ2) is 56.3. The lowest BCUT2D eigenvalue weighted by Crippen LogP contribution is -2.54. The van der Waals surface area contributed by atoms with E-state index >= 15 is 0 Å². The van der Waals surface area contributed by atoms with Gasteiger partial charge in [0.1, 0.15) is 36.3 Å². The van der Waals surface area contributed by atoms with Crippen LogP contribution in [0.25, 0.3) is 0 Å². The number of carbonyl (C=O) groups excluding carboxylic acids is 10. The van der Waals surface area contributed by atoms with Crippen molar-refractivity contribution in [2.24, 2.45) is 127 Å². The Hall–Kier alpha value is -10.4. The number of carbonyl (C=O) groups is 10. The van der Waals surface area contributed by atoms with Crippen molar-refractivity contribution in [3.63, 3.8) is 0 Å². The molecule has 0 unspecified atom stereocenters. The predicted molar refractivity (Wildman–Crippen MR) is 393 cm³/mol. The Bertz CT molecular complexity index is 2760. The van der Waals surface area contributed by atoms with Gasteiger partial charge in [-0.15, -0.1) is 0 Å². The van der Waals surface area contributed by atoms with Gasteiger partial charge in [0.2, 0.25) is 59.1 Å². The van der Waals surface area contributed by atoms with Crippen molar-refractivity contribution in [1.82, 2.24) is 47.9 Å². The minimum atomic E-state index is -1.13. The molecular weight excluding hydrogens is 1330 g/mol. The van der Waals surface area contributed by atoms with Gasteiger partial charge in [-0.2, -0.15) is 0 Å². The standard InChI is InChI=1S/C60H120N32O10/c61-37(17-10-30-80-54(63)64)48(97)77-27-7-1-4-24-45(94)88-42(22-15-35-85-59(73)74)52(101)91-39(19-12-32-82-56(67)68)50(99)79-29-9-3-6-26-46(95)89-43(23-16-36-86-60(75)76)53(102)92-40(20-13-33-83-57(69)70)49(98)78-28-8-2-5-25-44(93)87-41(21-14-34-84-58(71)72)51(100)90-38(47(62)96)18-11-31-81-55(65)66/h37-43H,1-36,61H2,(H2,62,96)(H,77,97)(H,78,98)(H,79,99)(H,87,93)(H,88,94)(H,89,95)(H,90,100)(H,91,101)(H,92,102)(H4,63,64,80)(H4,65,66,81)(H4,67,68,82)(H4,69,70,83)(H4,71,72,84)(H4,73,74,85)(H4,75,76,86)/t37-,38-,39-,40-,41-,42-,43-/m0/s1. The highest BCUT2D eigenvalue weighted by molar-refractivity contribution is 5.94. The van der Waals surface area contributed by atoms with Crippen molar-refractivity contribution in [3.05, 3.63) is 0 Å². The van der Waals surface area contributed by atoms with E-state index in [9.17, 15) is 47.9 Å². The molecule has 0 aromatic carbocycles. The quantitative estimate of drug-likeness (QED) is 0.0153. The predicted octanol–water partition coefficient (Wildman–Crippen LogP) is -8.89. The molecule has 102 heavy (non-hydrogen) atoms. The summed E-state index contributed by atoms with van der Waals surface area (Å²) in [5, 5.41) is 24.8. The number of aliphatic imine (C=N–C) groups is 7. The third-order valence-corrected chi connectivity index (χ3v) is 15.0. The highest BCUT2D eigenvalue weighted by Crippen LogP contribution is 2.11. The Balaban J connectivity index is 5.86. The van der Waals surface area contributed by atoms with Crippen LogP contribution >= 0.6 is 0 Å². The zero-order valence-electron chi connectivity index (χ0n) is 58.9. The number of primary amides is 1. The van der Waals surface area contributed by atoms with Gasteiger partial charge in [-0.25, -0.2) is 0 Å². The number of guanidine groups is 7. The minimum Gasteiger partial charge on any atom is -0.370 e. The van der Waals surface area contributed by atoms with Crippen molar-refractivity contribution >= 4 is 101 Å². The summed E-state index contributed by atoms with van der Waals surface area (Å²) >= 11 is 0. The third kappa shape index (κ3) is 50.8. The van der Waals surface area contributed by atoms with Crippen molar-refractivity contribution in [3.8, 4) is 0 Å². The van der Waals surface area contributed by atoms with E-state index in [0.717, 1.165) is 0 Å². The van der Waals surface area contributed by atoms with Crippen molar-refractivity contribution in [2.45, 2.75) is 209 Å². The summed E-state index contributed by atoms with van der Waals surface area (Å²) in [6.07, 6.45) is 7.44. The molecule has 0 fully saturated rings. The number of unbranched alkanes of at least 4 members (excludes halogenated alkanes) is 6. The van der Waals surface area contributed by atoms with Crippen molar-refractivity contribution < 1.29 is 47.9 Å². The molecule has 10 amide bonds. The normalized spacial score (nSPS) is 12.7. The molecule has 0 saturated carbocycles. The van der Waals surface area contributed by atoms with Gasteiger partial charge in [-0.3, -0.25) is 82.9 Å². The van der Waals surface area contributed by atoms with Crippen LogP contribution in [0, 0.1) is 0 Å². The molecule has 0 spiro atoms. The number of hydrogen-bond acceptors (Lipinski definition) is 18. The topological polar surface area (TPSA) is 782 Å². The zero-order chi connectivity index (χ0) is 76.6. The molecule has 580 valence electrons. The summed E-state index contributed by atoms with van der Waals surface area (Å²) in [6.45, 7) is 1.93. The number of nitrogens with zero attached hydrogens (tertiary/aromatic N) is 7. The maximum atomic E-state index is 14.0. The summed E-state index contributed by atoms with van der Waals surface area (Å²) in [7, 11) is 0. The zero-order valence-corrected chi connectivity index (χ0v) is 58.9. The maximum Gasteiger partial charge on any atom is 0.243 e. The molecule has 0 bridgehead atoms. The molecule has 41 N–H and O–H groups in total. The highest BCUT2D eigenvalue weighted by atomic mass is 16.2. The second-order valence-electron chi connectivity index (χ2n) is 24.0. The third-order valence-electron chi connectivity index (χ3n) is 15.0. The molecule has 0 saturated heterocycles. The number of nitrogens with two attached hydrogens (primary N) is 16. The molecule has 0 aliphatic carbocycles.